The predicted molar refractivity (Wildman–Crippen MR) is 117 cm³/mol. The lowest BCUT2D eigenvalue weighted by atomic mass is 9.49. The number of pyridine rings is 2. The van der Waals surface area contributed by atoms with E-state index in [9.17, 15) is 14.7 Å². The molecule has 1 aromatic carbocycles. The first-order valence-electron chi connectivity index (χ1n) is 10.9. The zero-order valence-electron chi connectivity index (χ0n) is 17.4. The average molecular weight is 434 g/mol. The Morgan fingerprint density at radius 3 is 2.56 bits per heavy atom. The summed E-state index contributed by atoms with van der Waals surface area (Å²) in [7, 11) is 0. The first kappa shape index (κ1) is 19.4. The molecule has 2 bridgehead atoms. The number of nitrogens with zero attached hydrogens (tertiary/aromatic N) is 3. The standard InChI is InChI=1S/C24H23FN4O3/c25-18-8-16-19(30)17(22(31)32)12-29(23-9-14(10-23)11-23)20(16)27-21(18)28-7-6-24(26,13-28)15-4-2-1-3-5-15/h1-5,8,12,14H,6-7,9-11,13,26H2,(H,31,32). The van der Waals surface area contributed by atoms with E-state index in [-0.39, 0.29) is 22.3 Å². The SMILES string of the molecule is NC1(c2ccccc2)CCN(c2nc3c(cc2F)c(=O)c(C(=O)O)cn3C23CC(C2)C3)C1. The highest BCUT2D eigenvalue weighted by molar-refractivity contribution is 5.92. The first-order chi connectivity index (χ1) is 15.3. The van der Waals surface area contributed by atoms with E-state index in [0.29, 0.717) is 31.1 Å². The molecule has 3 aromatic rings. The molecule has 3 aliphatic carbocycles. The van der Waals surface area contributed by atoms with Gasteiger partial charge in [-0.05, 0) is 43.2 Å². The lowest BCUT2D eigenvalue weighted by Crippen LogP contribution is -2.59. The van der Waals surface area contributed by atoms with Crippen LogP contribution in [-0.2, 0) is 11.1 Å². The molecule has 0 spiro atoms. The molecule has 3 N–H and O–H groups in total. The Labute approximate surface area is 183 Å². The number of carboxylic acids is 1. The molecule has 0 amide bonds. The molecule has 1 unspecified atom stereocenters. The number of fused-ring (bicyclic) bond motifs is 1. The van der Waals surface area contributed by atoms with Crippen LogP contribution >= 0.6 is 0 Å². The van der Waals surface area contributed by atoms with Crippen molar-refractivity contribution < 1.29 is 14.3 Å². The third-order valence-corrected chi connectivity index (χ3v) is 7.61. The minimum atomic E-state index is -1.31. The second-order valence-electron chi connectivity index (χ2n) is 9.61. The molecule has 3 heterocycles. The van der Waals surface area contributed by atoms with E-state index in [2.05, 4.69) is 4.98 Å². The van der Waals surface area contributed by atoms with Gasteiger partial charge in [-0.1, -0.05) is 30.3 Å². The fourth-order valence-electron chi connectivity index (χ4n) is 5.70. The molecule has 0 radical (unpaired) electrons. The van der Waals surface area contributed by atoms with Crippen molar-refractivity contribution in [2.24, 2.45) is 11.7 Å². The van der Waals surface area contributed by atoms with E-state index < -0.39 is 22.8 Å². The summed E-state index contributed by atoms with van der Waals surface area (Å²) in [6, 6.07) is 10.9. The number of hydrogen-bond acceptors (Lipinski definition) is 5. The molecule has 2 aromatic heterocycles. The summed E-state index contributed by atoms with van der Waals surface area (Å²) in [6.45, 7) is 0.933. The molecular formula is C24H23FN4O3. The Hall–Kier alpha value is -3.26. The van der Waals surface area contributed by atoms with Gasteiger partial charge in [0.15, 0.2) is 11.6 Å². The van der Waals surface area contributed by atoms with Crippen molar-refractivity contribution in [1.29, 1.82) is 0 Å². The van der Waals surface area contributed by atoms with Gasteiger partial charge in [0.1, 0.15) is 11.2 Å². The van der Waals surface area contributed by atoms with Crippen LogP contribution in [0.1, 0.15) is 41.6 Å². The van der Waals surface area contributed by atoms with E-state index >= 15 is 4.39 Å². The number of carbonyl (C=O) groups is 1. The summed E-state index contributed by atoms with van der Waals surface area (Å²) in [6.07, 6.45) is 4.84. The van der Waals surface area contributed by atoms with E-state index in [1.165, 1.54) is 6.20 Å². The quantitative estimate of drug-likeness (QED) is 0.655. The van der Waals surface area contributed by atoms with Crippen LogP contribution < -0.4 is 16.1 Å². The highest BCUT2D eigenvalue weighted by Crippen LogP contribution is 2.62. The molecule has 1 aliphatic heterocycles. The number of nitrogens with two attached hydrogens (primary N) is 1. The molecule has 3 saturated carbocycles. The van der Waals surface area contributed by atoms with Gasteiger partial charge in [-0.15, -0.1) is 0 Å². The maximum atomic E-state index is 15.2. The van der Waals surface area contributed by atoms with Gasteiger partial charge in [-0.2, -0.15) is 0 Å². The third kappa shape index (κ3) is 2.59. The van der Waals surface area contributed by atoms with Crippen molar-refractivity contribution in [3.8, 4) is 0 Å². The molecule has 4 aliphatic rings. The average Bonchev–Trinajstić information content (AvgIpc) is 3.11. The van der Waals surface area contributed by atoms with Gasteiger partial charge < -0.3 is 20.3 Å². The maximum absolute atomic E-state index is 15.2. The maximum Gasteiger partial charge on any atom is 0.341 e. The highest BCUT2D eigenvalue weighted by atomic mass is 19.1. The molecule has 4 fully saturated rings. The minimum Gasteiger partial charge on any atom is -0.477 e. The highest BCUT2D eigenvalue weighted by Gasteiger charge is 2.58. The normalized spacial score (nSPS) is 28.4. The van der Waals surface area contributed by atoms with Gasteiger partial charge in [-0.3, -0.25) is 4.79 Å². The van der Waals surface area contributed by atoms with E-state index in [1.54, 1.807) is 0 Å². The van der Waals surface area contributed by atoms with Crippen LogP contribution in [-0.4, -0.2) is 33.7 Å². The van der Waals surface area contributed by atoms with Crippen molar-refractivity contribution in [2.45, 2.75) is 36.8 Å². The Morgan fingerprint density at radius 2 is 1.94 bits per heavy atom. The van der Waals surface area contributed by atoms with Gasteiger partial charge in [-0.25, -0.2) is 14.2 Å². The molecule has 1 saturated heterocycles. The fraction of sp³-hybridized carbons (Fsp3) is 0.375. The molecule has 1 atom stereocenters. The summed E-state index contributed by atoms with van der Waals surface area (Å²) in [5.74, 6) is -1.15. The number of carboxylic acid groups (broad SMARTS) is 1. The molecule has 7 rings (SSSR count). The third-order valence-electron chi connectivity index (χ3n) is 7.61. The number of hydrogen-bond donors (Lipinski definition) is 2. The minimum absolute atomic E-state index is 0.0112. The zero-order valence-corrected chi connectivity index (χ0v) is 17.4. The Bertz CT molecular complexity index is 1320. The number of aromatic carboxylic acids is 1. The van der Waals surface area contributed by atoms with Crippen LogP contribution in [0.25, 0.3) is 11.0 Å². The topological polar surface area (TPSA) is 101 Å². The second kappa shape index (κ2) is 6.38. The smallest absolute Gasteiger partial charge is 0.341 e. The van der Waals surface area contributed by atoms with Crippen molar-refractivity contribution in [1.82, 2.24) is 9.55 Å². The van der Waals surface area contributed by atoms with Crippen molar-refractivity contribution in [3.63, 3.8) is 0 Å². The van der Waals surface area contributed by atoms with Gasteiger partial charge in [0.25, 0.3) is 0 Å². The van der Waals surface area contributed by atoms with Crippen LogP contribution in [0.3, 0.4) is 0 Å². The van der Waals surface area contributed by atoms with Crippen molar-refractivity contribution in [3.05, 3.63) is 69.8 Å². The summed E-state index contributed by atoms with van der Waals surface area (Å²) in [5.41, 5.74) is 6.13. The van der Waals surface area contributed by atoms with Gasteiger partial charge in [0.2, 0.25) is 5.43 Å². The monoisotopic (exact) mass is 434 g/mol. The van der Waals surface area contributed by atoms with E-state index in [4.69, 9.17) is 5.73 Å². The Morgan fingerprint density at radius 1 is 1.22 bits per heavy atom. The van der Waals surface area contributed by atoms with Crippen LogP contribution in [0.5, 0.6) is 0 Å². The van der Waals surface area contributed by atoms with Gasteiger partial charge in [0.05, 0.1) is 10.9 Å². The number of aromatic nitrogens is 2. The number of halogens is 1. The van der Waals surface area contributed by atoms with E-state index in [0.717, 1.165) is 30.9 Å². The summed E-state index contributed by atoms with van der Waals surface area (Å²) >= 11 is 0. The van der Waals surface area contributed by atoms with Crippen LogP contribution in [0.4, 0.5) is 10.2 Å². The zero-order chi connectivity index (χ0) is 22.3. The summed E-state index contributed by atoms with van der Waals surface area (Å²) in [5, 5.41) is 9.54. The Balaban J connectivity index is 1.47. The first-order valence-corrected chi connectivity index (χ1v) is 10.9. The number of anilines is 1. The number of rotatable bonds is 4. The fourth-order valence-corrected chi connectivity index (χ4v) is 5.70. The lowest BCUT2D eigenvalue weighted by Gasteiger charge is -2.62. The molecule has 32 heavy (non-hydrogen) atoms. The second-order valence-corrected chi connectivity index (χ2v) is 9.61. The van der Waals surface area contributed by atoms with Crippen LogP contribution in [0.2, 0.25) is 0 Å². The molecule has 7 nitrogen and oxygen atoms in total. The molecule has 8 heteroatoms. The van der Waals surface area contributed by atoms with Crippen LogP contribution in [0, 0.1) is 11.7 Å². The lowest BCUT2D eigenvalue weighted by molar-refractivity contribution is -0.0864. The van der Waals surface area contributed by atoms with Crippen LogP contribution in [0.15, 0.2) is 47.4 Å². The van der Waals surface area contributed by atoms with Crippen molar-refractivity contribution >= 4 is 22.8 Å². The number of benzene rings is 1. The molecule has 164 valence electrons. The molecular weight excluding hydrogens is 411 g/mol. The van der Waals surface area contributed by atoms with Gasteiger partial charge >= 0.3 is 5.97 Å². The summed E-state index contributed by atoms with van der Waals surface area (Å²) < 4.78 is 17.1. The van der Waals surface area contributed by atoms with Crippen molar-refractivity contribution in [2.75, 3.05) is 18.0 Å². The largest absolute Gasteiger partial charge is 0.477 e. The predicted octanol–water partition coefficient (Wildman–Crippen LogP) is 2.81. The van der Waals surface area contributed by atoms with Gasteiger partial charge in [0, 0.05) is 24.8 Å². The van der Waals surface area contributed by atoms with E-state index in [1.807, 2.05) is 39.8 Å². The Kier molecular flexibility index (Phi) is 3.88. The summed E-state index contributed by atoms with van der Waals surface area (Å²) in [4.78, 5) is 30.9.